The maximum absolute atomic E-state index is 12.3. The van der Waals surface area contributed by atoms with E-state index in [0.717, 1.165) is 19.1 Å². The number of likely N-dealkylation sites (tertiary alicyclic amines) is 1. The Morgan fingerprint density at radius 1 is 1.47 bits per heavy atom. The first-order chi connectivity index (χ1) is 7.71. The van der Waals surface area contributed by atoms with E-state index < -0.39 is 14.6 Å². The molecule has 0 aliphatic carbocycles. The fourth-order valence-corrected chi connectivity index (χ4v) is 2.49. The molecule has 0 saturated carbocycles. The normalized spacial score (nSPS) is 21.9. The number of nitrogens with one attached hydrogen (secondary N) is 1. The zero-order chi connectivity index (χ0) is 13.3. The highest BCUT2D eigenvalue weighted by atomic mass is 32.2. The summed E-state index contributed by atoms with van der Waals surface area (Å²) < 4.78 is 22.0. The third-order valence-corrected chi connectivity index (χ3v) is 5.55. The van der Waals surface area contributed by atoms with Crippen molar-refractivity contribution in [3.63, 3.8) is 0 Å². The van der Waals surface area contributed by atoms with Crippen LogP contribution < -0.4 is 5.32 Å². The molecule has 0 aromatic heterocycles. The van der Waals surface area contributed by atoms with Gasteiger partial charge in [-0.05, 0) is 33.7 Å². The number of nitrogens with zero attached hydrogens (tertiary/aromatic N) is 1. The second-order valence-electron chi connectivity index (χ2n) is 5.13. The van der Waals surface area contributed by atoms with Crippen molar-refractivity contribution in [1.29, 1.82) is 0 Å². The number of amides is 1. The summed E-state index contributed by atoms with van der Waals surface area (Å²) in [7, 11) is -1.55. The molecule has 1 atom stereocenters. The van der Waals surface area contributed by atoms with Gasteiger partial charge in [0.2, 0.25) is 5.91 Å². The van der Waals surface area contributed by atoms with E-state index in [1.807, 2.05) is 7.05 Å². The standard InChI is InChI=1S/C11H22N2O3S/c1-11(2,17(4,15)16)10(14)13-7-5-6-9(13)8-12-3/h9,12H,5-8H2,1-4H3. The van der Waals surface area contributed by atoms with Crippen LogP contribution in [0.5, 0.6) is 0 Å². The summed E-state index contributed by atoms with van der Waals surface area (Å²) in [6.07, 6.45) is 3.00. The predicted molar refractivity (Wildman–Crippen MR) is 67.6 cm³/mol. The van der Waals surface area contributed by atoms with E-state index in [-0.39, 0.29) is 11.9 Å². The second-order valence-corrected chi connectivity index (χ2v) is 7.70. The van der Waals surface area contributed by atoms with Gasteiger partial charge in [-0.1, -0.05) is 0 Å². The number of hydrogen-bond acceptors (Lipinski definition) is 4. The summed E-state index contributed by atoms with van der Waals surface area (Å²) in [6, 6.07) is 0.119. The molecule has 5 nitrogen and oxygen atoms in total. The van der Waals surface area contributed by atoms with E-state index in [4.69, 9.17) is 0 Å². The quantitative estimate of drug-likeness (QED) is 0.775. The van der Waals surface area contributed by atoms with Crippen molar-refractivity contribution in [2.24, 2.45) is 0 Å². The van der Waals surface area contributed by atoms with Crippen LogP contribution in [0, 0.1) is 0 Å². The Morgan fingerprint density at radius 2 is 2.06 bits per heavy atom. The van der Waals surface area contributed by atoms with Crippen molar-refractivity contribution >= 4 is 15.7 Å². The first-order valence-corrected chi connectivity index (χ1v) is 7.76. The van der Waals surface area contributed by atoms with E-state index in [1.165, 1.54) is 13.8 Å². The number of carbonyl (C=O) groups excluding carboxylic acids is 1. The third-order valence-electron chi connectivity index (χ3n) is 3.52. The fraction of sp³-hybridized carbons (Fsp3) is 0.909. The van der Waals surface area contributed by atoms with Gasteiger partial charge in [-0.25, -0.2) is 8.42 Å². The molecule has 1 fully saturated rings. The zero-order valence-corrected chi connectivity index (χ0v) is 11.8. The van der Waals surface area contributed by atoms with Gasteiger partial charge in [0, 0.05) is 25.4 Å². The molecule has 1 unspecified atom stereocenters. The molecule has 1 saturated heterocycles. The van der Waals surface area contributed by atoms with E-state index in [9.17, 15) is 13.2 Å². The largest absolute Gasteiger partial charge is 0.337 e. The molecule has 100 valence electrons. The van der Waals surface area contributed by atoms with Crippen molar-refractivity contribution in [1.82, 2.24) is 10.2 Å². The minimum atomic E-state index is -3.39. The van der Waals surface area contributed by atoms with E-state index in [2.05, 4.69) is 5.32 Å². The number of hydrogen-bond donors (Lipinski definition) is 1. The molecule has 0 spiro atoms. The zero-order valence-electron chi connectivity index (χ0n) is 11.0. The van der Waals surface area contributed by atoms with Crippen LogP contribution in [0.1, 0.15) is 26.7 Å². The topological polar surface area (TPSA) is 66.5 Å². The Kier molecular flexibility index (Phi) is 4.19. The number of likely N-dealkylation sites (N-methyl/N-ethyl adjacent to an activating group) is 1. The Labute approximate surface area is 103 Å². The maximum Gasteiger partial charge on any atom is 0.243 e. The predicted octanol–water partition coefficient (Wildman–Crippen LogP) is 0.0200. The summed E-state index contributed by atoms with van der Waals surface area (Å²) in [5, 5.41) is 3.04. The van der Waals surface area contributed by atoms with Gasteiger partial charge in [-0.3, -0.25) is 4.79 Å². The van der Waals surface area contributed by atoms with Gasteiger partial charge in [-0.2, -0.15) is 0 Å². The Balaban J connectivity index is 2.90. The monoisotopic (exact) mass is 262 g/mol. The first kappa shape index (κ1) is 14.4. The molecule has 0 bridgehead atoms. The summed E-state index contributed by atoms with van der Waals surface area (Å²) in [5.74, 6) is -0.280. The summed E-state index contributed by atoms with van der Waals surface area (Å²) >= 11 is 0. The highest BCUT2D eigenvalue weighted by molar-refractivity contribution is 7.92. The van der Waals surface area contributed by atoms with Gasteiger partial charge in [0.05, 0.1) is 0 Å². The van der Waals surface area contributed by atoms with Crippen LogP contribution >= 0.6 is 0 Å². The van der Waals surface area contributed by atoms with Crippen LogP contribution in [-0.4, -0.2) is 56.4 Å². The average Bonchev–Trinajstić information content (AvgIpc) is 2.63. The molecule has 1 rings (SSSR count). The molecule has 0 aromatic carbocycles. The van der Waals surface area contributed by atoms with Crippen molar-refractivity contribution in [2.75, 3.05) is 26.4 Å². The van der Waals surface area contributed by atoms with Crippen LogP contribution in [0.15, 0.2) is 0 Å². The van der Waals surface area contributed by atoms with E-state index in [0.29, 0.717) is 13.1 Å². The van der Waals surface area contributed by atoms with Gasteiger partial charge in [0.1, 0.15) is 4.75 Å². The van der Waals surface area contributed by atoms with E-state index in [1.54, 1.807) is 4.90 Å². The Hall–Kier alpha value is -0.620. The van der Waals surface area contributed by atoms with Gasteiger partial charge in [-0.15, -0.1) is 0 Å². The number of carbonyl (C=O) groups is 1. The molecule has 1 heterocycles. The van der Waals surface area contributed by atoms with Crippen molar-refractivity contribution in [2.45, 2.75) is 37.5 Å². The van der Waals surface area contributed by atoms with Gasteiger partial charge >= 0.3 is 0 Å². The summed E-state index contributed by atoms with van der Waals surface area (Å²) in [5.41, 5.74) is 0. The molecule has 0 aromatic rings. The van der Waals surface area contributed by atoms with Gasteiger partial charge < -0.3 is 10.2 Å². The molecule has 1 N–H and O–H groups in total. The Morgan fingerprint density at radius 3 is 2.53 bits per heavy atom. The van der Waals surface area contributed by atoms with Crippen molar-refractivity contribution < 1.29 is 13.2 Å². The minimum Gasteiger partial charge on any atom is -0.337 e. The minimum absolute atomic E-state index is 0.119. The molecule has 17 heavy (non-hydrogen) atoms. The van der Waals surface area contributed by atoms with Crippen LogP contribution in [-0.2, 0) is 14.6 Å². The lowest BCUT2D eigenvalue weighted by atomic mass is 10.1. The van der Waals surface area contributed by atoms with Crippen LogP contribution in [0.25, 0.3) is 0 Å². The molecule has 0 radical (unpaired) electrons. The van der Waals surface area contributed by atoms with E-state index >= 15 is 0 Å². The molecule has 1 amide bonds. The SMILES string of the molecule is CNCC1CCCN1C(=O)C(C)(C)S(C)(=O)=O. The smallest absolute Gasteiger partial charge is 0.243 e. The molecule has 1 aliphatic rings. The van der Waals surface area contributed by atoms with Gasteiger partial charge in [0.25, 0.3) is 0 Å². The number of rotatable bonds is 4. The second kappa shape index (κ2) is 4.94. The summed E-state index contributed by atoms with van der Waals surface area (Å²) in [4.78, 5) is 14.0. The highest BCUT2D eigenvalue weighted by Gasteiger charge is 2.44. The molecule has 6 heteroatoms. The summed E-state index contributed by atoms with van der Waals surface area (Å²) in [6.45, 7) is 4.34. The molecule has 1 aliphatic heterocycles. The van der Waals surface area contributed by atoms with Crippen LogP contribution in [0.3, 0.4) is 0 Å². The maximum atomic E-state index is 12.3. The number of sulfone groups is 1. The molecular formula is C11H22N2O3S. The lowest BCUT2D eigenvalue weighted by Crippen LogP contribution is -2.52. The third kappa shape index (κ3) is 2.80. The van der Waals surface area contributed by atoms with Crippen molar-refractivity contribution in [3.05, 3.63) is 0 Å². The highest BCUT2D eigenvalue weighted by Crippen LogP contribution is 2.25. The Bertz CT molecular complexity index is 390. The lowest BCUT2D eigenvalue weighted by Gasteiger charge is -2.32. The lowest BCUT2D eigenvalue weighted by molar-refractivity contribution is -0.133. The average molecular weight is 262 g/mol. The van der Waals surface area contributed by atoms with Crippen LogP contribution in [0.4, 0.5) is 0 Å². The van der Waals surface area contributed by atoms with Gasteiger partial charge in [0.15, 0.2) is 9.84 Å². The fourth-order valence-electron chi connectivity index (χ4n) is 2.06. The first-order valence-electron chi connectivity index (χ1n) is 5.87. The van der Waals surface area contributed by atoms with Crippen molar-refractivity contribution in [3.8, 4) is 0 Å². The van der Waals surface area contributed by atoms with Crippen LogP contribution in [0.2, 0.25) is 0 Å². The molecular weight excluding hydrogens is 240 g/mol.